The van der Waals surface area contributed by atoms with Crippen LogP contribution >= 0.6 is 0 Å². The Kier molecular flexibility index (Phi) is 3.28. The summed E-state index contributed by atoms with van der Waals surface area (Å²) in [7, 11) is -3.05. The standard InChI is InChI=1S/C12H16N6O2S/c13-8-3-4-10(11(14)6-8)12-15-16-17-18(12)7-9-2-1-5-21(9,19)20/h3-4,6,9H,1-2,5,7,13-14H2. The van der Waals surface area contributed by atoms with Gasteiger partial charge in [-0.1, -0.05) is 0 Å². The van der Waals surface area contributed by atoms with Crippen molar-refractivity contribution in [1.82, 2.24) is 20.2 Å². The lowest BCUT2D eigenvalue weighted by Gasteiger charge is -2.11. The average molecular weight is 308 g/mol. The molecule has 21 heavy (non-hydrogen) atoms. The van der Waals surface area contributed by atoms with Gasteiger partial charge in [0.05, 0.1) is 17.5 Å². The van der Waals surface area contributed by atoms with Gasteiger partial charge in [-0.05, 0) is 41.5 Å². The second kappa shape index (κ2) is 4.99. The molecule has 1 aliphatic rings. The lowest BCUT2D eigenvalue weighted by atomic mass is 10.1. The van der Waals surface area contributed by atoms with E-state index in [0.717, 1.165) is 0 Å². The third kappa shape index (κ3) is 2.56. The number of aromatic nitrogens is 4. The molecule has 3 rings (SSSR count). The molecule has 1 atom stereocenters. The van der Waals surface area contributed by atoms with Gasteiger partial charge >= 0.3 is 0 Å². The lowest BCUT2D eigenvalue weighted by molar-refractivity contribution is 0.534. The first-order valence-corrected chi connectivity index (χ1v) is 8.32. The summed E-state index contributed by atoms with van der Waals surface area (Å²) in [5.74, 6) is 0.689. The molecule has 1 saturated heterocycles. The van der Waals surface area contributed by atoms with Crippen LogP contribution in [0.3, 0.4) is 0 Å². The number of anilines is 2. The first-order chi connectivity index (χ1) is 9.97. The van der Waals surface area contributed by atoms with Crippen LogP contribution in [0.2, 0.25) is 0 Å². The molecule has 0 spiro atoms. The highest BCUT2D eigenvalue weighted by molar-refractivity contribution is 7.92. The van der Waals surface area contributed by atoms with Crippen LogP contribution in [0.1, 0.15) is 12.8 Å². The topological polar surface area (TPSA) is 130 Å². The van der Waals surface area contributed by atoms with Crippen molar-refractivity contribution in [2.45, 2.75) is 24.6 Å². The van der Waals surface area contributed by atoms with Gasteiger partial charge in [-0.15, -0.1) is 5.10 Å². The zero-order chi connectivity index (χ0) is 15.0. The Hall–Kier alpha value is -2.16. The molecule has 1 fully saturated rings. The highest BCUT2D eigenvalue weighted by atomic mass is 32.2. The van der Waals surface area contributed by atoms with Crippen LogP contribution in [0, 0.1) is 0 Å². The quantitative estimate of drug-likeness (QED) is 0.768. The smallest absolute Gasteiger partial charge is 0.184 e. The maximum Gasteiger partial charge on any atom is 0.184 e. The molecule has 1 aromatic heterocycles. The van der Waals surface area contributed by atoms with E-state index >= 15 is 0 Å². The van der Waals surface area contributed by atoms with Crippen molar-refractivity contribution in [3.63, 3.8) is 0 Å². The van der Waals surface area contributed by atoms with E-state index in [0.29, 0.717) is 35.6 Å². The molecule has 112 valence electrons. The zero-order valence-corrected chi connectivity index (χ0v) is 12.1. The summed E-state index contributed by atoms with van der Waals surface area (Å²) in [5.41, 5.74) is 13.3. The maximum absolute atomic E-state index is 11.9. The minimum Gasteiger partial charge on any atom is -0.399 e. The van der Waals surface area contributed by atoms with Crippen LogP contribution < -0.4 is 11.5 Å². The van der Waals surface area contributed by atoms with Gasteiger partial charge in [-0.3, -0.25) is 0 Å². The van der Waals surface area contributed by atoms with Gasteiger partial charge in [0.2, 0.25) is 0 Å². The van der Waals surface area contributed by atoms with E-state index in [-0.39, 0.29) is 12.3 Å². The monoisotopic (exact) mass is 308 g/mol. The van der Waals surface area contributed by atoms with Gasteiger partial charge in [0, 0.05) is 16.9 Å². The van der Waals surface area contributed by atoms with Crippen molar-refractivity contribution in [3.8, 4) is 11.4 Å². The predicted molar refractivity (Wildman–Crippen MR) is 78.9 cm³/mol. The summed E-state index contributed by atoms with van der Waals surface area (Å²) >= 11 is 0. The van der Waals surface area contributed by atoms with E-state index in [4.69, 9.17) is 11.5 Å². The second-order valence-corrected chi connectivity index (χ2v) is 7.56. The number of nitrogens with two attached hydrogens (primary N) is 2. The number of hydrogen-bond donors (Lipinski definition) is 2. The molecule has 1 aromatic carbocycles. The van der Waals surface area contributed by atoms with Crippen molar-refractivity contribution in [2.24, 2.45) is 0 Å². The summed E-state index contributed by atoms with van der Waals surface area (Å²) in [4.78, 5) is 0. The Morgan fingerprint density at radius 3 is 2.81 bits per heavy atom. The number of hydrogen-bond acceptors (Lipinski definition) is 7. The Labute approximate surface area is 122 Å². The van der Waals surface area contributed by atoms with Gasteiger partial charge in [-0.2, -0.15) is 0 Å². The fourth-order valence-corrected chi connectivity index (χ4v) is 4.36. The van der Waals surface area contributed by atoms with Gasteiger partial charge in [0.15, 0.2) is 15.7 Å². The first kappa shape index (κ1) is 13.8. The van der Waals surface area contributed by atoms with Crippen molar-refractivity contribution < 1.29 is 8.42 Å². The molecule has 0 aliphatic carbocycles. The van der Waals surface area contributed by atoms with Crippen molar-refractivity contribution in [1.29, 1.82) is 0 Å². The highest BCUT2D eigenvalue weighted by Gasteiger charge is 2.32. The Bertz CT molecular complexity index is 770. The lowest BCUT2D eigenvalue weighted by Crippen LogP contribution is -2.23. The molecule has 0 bridgehead atoms. The third-order valence-corrected chi connectivity index (χ3v) is 5.95. The van der Waals surface area contributed by atoms with Gasteiger partial charge in [-0.25, -0.2) is 13.1 Å². The number of nitrogens with zero attached hydrogens (tertiary/aromatic N) is 4. The number of nitrogen functional groups attached to an aromatic ring is 2. The molecule has 1 unspecified atom stereocenters. The summed E-state index contributed by atoms with van der Waals surface area (Å²) < 4.78 is 25.3. The Morgan fingerprint density at radius 1 is 1.33 bits per heavy atom. The second-order valence-electron chi connectivity index (χ2n) is 5.16. The molecular formula is C12H16N6O2S. The van der Waals surface area contributed by atoms with Crippen LogP contribution in [0.5, 0.6) is 0 Å². The minimum absolute atomic E-state index is 0.235. The first-order valence-electron chi connectivity index (χ1n) is 6.60. The highest BCUT2D eigenvalue weighted by Crippen LogP contribution is 2.27. The maximum atomic E-state index is 11.9. The average Bonchev–Trinajstić information content (AvgIpc) is 2.98. The predicted octanol–water partition coefficient (Wildman–Crippen LogP) is 0.0817. The van der Waals surface area contributed by atoms with Gasteiger partial charge < -0.3 is 11.5 Å². The van der Waals surface area contributed by atoms with Crippen LogP contribution in [-0.4, -0.2) is 39.6 Å². The fourth-order valence-electron chi connectivity index (χ4n) is 2.56. The molecule has 2 aromatic rings. The molecule has 4 N–H and O–H groups in total. The summed E-state index contributed by atoms with van der Waals surface area (Å²) in [6, 6.07) is 5.06. The SMILES string of the molecule is Nc1ccc(-c2nnnn2CC2CCCS2(=O)=O)c(N)c1. The molecule has 0 saturated carbocycles. The van der Waals surface area contributed by atoms with E-state index in [2.05, 4.69) is 15.5 Å². The van der Waals surface area contributed by atoms with Crippen LogP contribution in [0.4, 0.5) is 11.4 Å². The van der Waals surface area contributed by atoms with E-state index in [1.807, 2.05) is 0 Å². The summed E-state index contributed by atoms with van der Waals surface area (Å²) in [5, 5.41) is 11.0. The van der Waals surface area contributed by atoms with Gasteiger partial charge in [0.25, 0.3) is 0 Å². The summed E-state index contributed by atoms with van der Waals surface area (Å²) in [6.45, 7) is 0.245. The molecule has 1 aliphatic heterocycles. The van der Waals surface area contributed by atoms with E-state index < -0.39 is 15.1 Å². The fraction of sp³-hybridized carbons (Fsp3) is 0.417. The number of rotatable bonds is 3. The Morgan fingerprint density at radius 2 is 2.14 bits per heavy atom. The van der Waals surface area contributed by atoms with E-state index in [9.17, 15) is 8.42 Å². The van der Waals surface area contributed by atoms with Crippen LogP contribution in [0.25, 0.3) is 11.4 Å². The van der Waals surface area contributed by atoms with Crippen molar-refractivity contribution in [2.75, 3.05) is 17.2 Å². The Balaban J connectivity index is 1.94. The van der Waals surface area contributed by atoms with Crippen LogP contribution in [-0.2, 0) is 16.4 Å². The molecule has 8 nitrogen and oxygen atoms in total. The largest absolute Gasteiger partial charge is 0.399 e. The van der Waals surface area contributed by atoms with E-state index in [1.54, 1.807) is 18.2 Å². The third-order valence-electron chi connectivity index (χ3n) is 3.69. The van der Waals surface area contributed by atoms with E-state index in [1.165, 1.54) is 4.68 Å². The van der Waals surface area contributed by atoms with Crippen molar-refractivity contribution in [3.05, 3.63) is 18.2 Å². The number of benzene rings is 1. The molecular weight excluding hydrogens is 292 g/mol. The molecule has 9 heteroatoms. The minimum atomic E-state index is -3.05. The number of sulfone groups is 1. The normalized spacial score (nSPS) is 20.7. The zero-order valence-electron chi connectivity index (χ0n) is 11.3. The van der Waals surface area contributed by atoms with Crippen molar-refractivity contribution >= 4 is 21.2 Å². The molecule has 0 amide bonds. The van der Waals surface area contributed by atoms with Gasteiger partial charge in [0.1, 0.15) is 0 Å². The summed E-state index contributed by atoms with van der Waals surface area (Å²) in [6.07, 6.45) is 1.33. The molecule has 2 heterocycles. The number of tetrazole rings is 1. The molecule has 0 radical (unpaired) electrons. The van der Waals surface area contributed by atoms with Crippen LogP contribution in [0.15, 0.2) is 18.2 Å².